The van der Waals surface area contributed by atoms with Gasteiger partial charge in [0.1, 0.15) is 12.1 Å². The lowest BCUT2D eigenvalue weighted by Crippen LogP contribution is -2.42. The van der Waals surface area contributed by atoms with Crippen LogP contribution in [-0.2, 0) is 19.9 Å². The van der Waals surface area contributed by atoms with Gasteiger partial charge in [0.25, 0.3) is 5.91 Å². The first-order valence-corrected chi connectivity index (χ1v) is 9.51. The summed E-state index contributed by atoms with van der Waals surface area (Å²) in [6.45, 7) is 2.84. The van der Waals surface area contributed by atoms with Crippen molar-refractivity contribution in [2.75, 3.05) is 18.5 Å². The van der Waals surface area contributed by atoms with Crippen LogP contribution in [0, 0.1) is 11.3 Å². The predicted molar refractivity (Wildman–Crippen MR) is 110 cm³/mol. The SMILES string of the molecule is CCOC(=O)c1ccccc1NC(=O)CN1C(=O)NC(C)(c2ccc(C#N)cc2)C1=O. The molecule has 1 saturated heterocycles. The Morgan fingerprint density at radius 1 is 1.16 bits per heavy atom. The van der Waals surface area contributed by atoms with E-state index in [2.05, 4.69) is 10.6 Å². The van der Waals surface area contributed by atoms with E-state index in [9.17, 15) is 19.2 Å². The number of nitriles is 1. The Balaban J connectivity index is 1.75. The molecule has 0 radical (unpaired) electrons. The molecule has 1 fully saturated rings. The van der Waals surface area contributed by atoms with Crippen molar-refractivity contribution >= 4 is 29.5 Å². The van der Waals surface area contributed by atoms with Crippen molar-refractivity contribution in [3.8, 4) is 6.07 Å². The number of anilines is 1. The lowest BCUT2D eigenvalue weighted by Gasteiger charge is -2.22. The minimum atomic E-state index is -1.37. The van der Waals surface area contributed by atoms with Gasteiger partial charge in [0, 0.05) is 0 Å². The molecule has 1 unspecified atom stereocenters. The van der Waals surface area contributed by atoms with Gasteiger partial charge in [-0.15, -0.1) is 0 Å². The van der Waals surface area contributed by atoms with Gasteiger partial charge in [-0.25, -0.2) is 9.59 Å². The first-order valence-electron chi connectivity index (χ1n) is 9.51. The quantitative estimate of drug-likeness (QED) is 0.544. The van der Waals surface area contributed by atoms with Crippen LogP contribution >= 0.6 is 0 Å². The Kier molecular flexibility index (Phi) is 6.02. The summed E-state index contributed by atoms with van der Waals surface area (Å²) >= 11 is 0. The van der Waals surface area contributed by atoms with Gasteiger partial charge < -0.3 is 15.4 Å². The number of rotatable bonds is 6. The topological polar surface area (TPSA) is 129 Å². The molecule has 2 N–H and O–H groups in total. The fraction of sp³-hybridized carbons (Fsp3) is 0.227. The molecular weight excluding hydrogens is 400 g/mol. The van der Waals surface area contributed by atoms with Gasteiger partial charge in [0.2, 0.25) is 5.91 Å². The van der Waals surface area contributed by atoms with Gasteiger partial charge in [0.05, 0.1) is 29.5 Å². The minimum Gasteiger partial charge on any atom is -0.462 e. The number of carbonyl (C=O) groups excluding carboxylic acids is 4. The molecule has 0 spiro atoms. The standard InChI is InChI=1S/C22H20N4O5/c1-3-31-19(28)16-6-4-5-7-17(16)24-18(27)13-26-20(29)22(2,25-21(26)30)15-10-8-14(12-23)9-11-15/h4-11H,3,13H2,1-2H3,(H,24,27)(H,25,30). The molecule has 1 atom stereocenters. The monoisotopic (exact) mass is 420 g/mol. The number of esters is 1. The summed E-state index contributed by atoms with van der Waals surface area (Å²) in [4.78, 5) is 50.8. The summed E-state index contributed by atoms with van der Waals surface area (Å²) in [6, 6.07) is 13.8. The van der Waals surface area contributed by atoms with Crippen LogP contribution in [0.25, 0.3) is 0 Å². The summed E-state index contributed by atoms with van der Waals surface area (Å²) in [6.07, 6.45) is 0. The van der Waals surface area contributed by atoms with Crippen LogP contribution in [0.4, 0.5) is 10.5 Å². The zero-order chi connectivity index (χ0) is 22.6. The Morgan fingerprint density at radius 3 is 2.48 bits per heavy atom. The Bertz CT molecular complexity index is 1090. The number of hydrogen-bond donors (Lipinski definition) is 2. The number of amides is 4. The van der Waals surface area contributed by atoms with Gasteiger partial charge in [-0.3, -0.25) is 14.5 Å². The molecule has 9 nitrogen and oxygen atoms in total. The summed E-state index contributed by atoms with van der Waals surface area (Å²) in [5.74, 6) is -1.85. The van der Waals surface area contributed by atoms with Gasteiger partial charge in [-0.05, 0) is 43.7 Å². The van der Waals surface area contributed by atoms with E-state index in [1.54, 1.807) is 43.3 Å². The number of urea groups is 1. The Morgan fingerprint density at radius 2 is 1.84 bits per heavy atom. The second kappa shape index (κ2) is 8.67. The second-order valence-corrected chi connectivity index (χ2v) is 6.95. The Hall–Kier alpha value is -4.19. The van der Waals surface area contributed by atoms with Crippen LogP contribution in [0.15, 0.2) is 48.5 Å². The van der Waals surface area contributed by atoms with Crippen LogP contribution in [0.5, 0.6) is 0 Å². The summed E-state index contributed by atoms with van der Waals surface area (Å²) in [7, 11) is 0. The highest BCUT2D eigenvalue weighted by atomic mass is 16.5. The molecule has 2 aromatic carbocycles. The molecule has 1 aliphatic heterocycles. The highest BCUT2D eigenvalue weighted by molar-refractivity contribution is 6.10. The largest absolute Gasteiger partial charge is 0.462 e. The normalized spacial score (nSPS) is 17.6. The minimum absolute atomic E-state index is 0.164. The first-order chi connectivity index (χ1) is 14.8. The van der Waals surface area contributed by atoms with Crippen LogP contribution in [0.1, 0.15) is 35.3 Å². The molecule has 9 heteroatoms. The number of ether oxygens (including phenoxy) is 1. The van der Waals surface area contributed by atoms with Crippen molar-refractivity contribution < 1.29 is 23.9 Å². The highest BCUT2D eigenvalue weighted by Gasteiger charge is 2.49. The number of carbonyl (C=O) groups is 4. The zero-order valence-corrected chi connectivity index (χ0v) is 17.0. The average Bonchev–Trinajstić information content (AvgIpc) is 2.98. The lowest BCUT2D eigenvalue weighted by atomic mass is 9.91. The molecule has 3 rings (SSSR count). The lowest BCUT2D eigenvalue weighted by molar-refractivity contribution is -0.133. The molecule has 1 heterocycles. The maximum Gasteiger partial charge on any atom is 0.340 e. The van der Waals surface area contributed by atoms with Crippen molar-refractivity contribution in [3.05, 3.63) is 65.2 Å². The third-order valence-electron chi connectivity index (χ3n) is 4.86. The van der Waals surface area contributed by atoms with E-state index in [1.807, 2.05) is 6.07 Å². The molecule has 2 aromatic rings. The summed E-state index contributed by atoms with van der Waals surface area (Å²) in [5, 5.41) is 14.1. The van der Waals surface area contributed by atoms with Crippen LogP contribution in [0.2, 0.25) is 0 Å². The summed E-state index contributed by atoms with van der Waals surface area (Å²) < 4.78 is 4.97. The molecular formula is C22H20N4O5. The molecule has 0 bridgehead atoms. The van der Waals surface area contributed by atoms with Gasteiger partial charge >= 0.3 is 12.0 Å². The molecule has 1 aliphatic rings. The molecule has 158 valence electrons. The van der Waals surface area contributed by atoms with Crippen molar-refractivity contribution in [2.24, 2.45) is 0 Å². The molecule has 0 aromatic heterocycles. The smallest absolute Gasteiger partial charge is 0.340 e. The van der Waals surface area contributed by atoms with Gasteiger partial charge in [-0.1, -0.05) is 24.3 Å². The van der Waals surface area contributed by atoms with E-state index in [-0.39, 0.29) is 17.9 Å². The fourth-order valence-corrected chi connectivity index (χ4v) is 3.23. The van der Waals surface area contributed by atoms with Crippen molar-refractivity contribution in [2.45, 2.75) is 19.4 Å². The number of hydrogen-bond acceptors (Lipinski definition) is 6. The maximum absolute atomic E-state index is 13.0. The van der Waals surface area contributed by atoms with Crippen LogP contribution < -0.4 is 10.6 Å². The fourth-order valence-electron chi connectivity index (χ4n) is 3.23. The first kappa shape index (κ1) is 21.5. The Labute approximate surface area is 178 Å². The van der Waals surface area contributed by atoms with E-state index < -0.39 is 35.9 Å². The molecule has 0 saturated carbocycles. The zero-order valence-electron chi connectivity index (χ0n) is 17.0. The van der Waals surface area contributed by atoms with E-state index >= 15 is 0 Å². The van der Waals surface area contributed by atoms with E-state index in [1.165, 1.54) is 19.1 Å². The summed E-state index contributed by atoms with van der Waals surface area (Å²) in [5.41, 5.74) is -0.0833. The number of nitrogens with zero attached hydrogens (tertiary/aromatic N) is 2. The van der Waals surface area contributed by atoms with Crippen molar-refractivity contribution in [1.82, 2.24) is 10.2 Å². The number of nitrogens with one attached hydrogen (secondary N) is 2. The second-order valence-electron chi connectivity index (χ2n) is 6.95. The third-order valence-corrected chi connectivity index (χ3v) is 4.86. The van der Waals surface area contributed by atoms with Gasteiger partial charge in [-0.2, -0.15) is 5.26 Å². The predicted octanol–water partition coefficient (Wildman–Crippen LogP) is 2.14. The number of para-hydroxylation sites is 1. The van der Waals surface area contributed by atoms with Gasteiger partial charge in [0.15, 0.2) is 0 Å². The van der Waals surface area contributed by atoms with Crippen molar-refractivity contribution in [3.63, 3.8) is 0 Å². The van der Waals surface area contributed by atoms with E-state index in [0.717, 1.165) is 4.90 Å². The molecule has 31 heavy (non-hydrogen) atoms. The third kappa shape index (κ3) is 4.23. The molecule has 0 aliphatic carbocycles. The van der Waals surface area contributed by atoms with Crippen LogP contribution in [0.3, 0.4) is 0 Å². The maximum atomic E-state index is 13.0. The number of benzene rings is 2. The number of imide groups is 1. The van der Waals surface area contributed by atoms with Crippen LogP contribution in [-0.4, -0.2) is 41.9 Å². The average molecular weight is 420 g/mol. The van der Waals surface area contributed by atoms with E-state index in [0.29, 0.717) is 11.1 Å². The molecule has 4 amide bonds. The highest BCUT2D eigenvalue weighted by Crippen LogP contribution is 2.29. The van der Waals surface area contributed by atoms with E-state index in [4.69, 9.17) is 10.00 Å². The van der Waals surface area contributed by atoms with Crippen molar-refractivity contribution in [1.29, 1.82) is 5.26 Å².